The first-order valence-corrected chi connectivity index (χ1v) is 4.78. The number of nitrogens with one attached hydrogen (secondary N) is 1. The maximum atomic E-state index is 11.6. The van der Waals surface area contributed by atoms with Crippen LogP contribution in [0.4, 0.5) is 0 Å². The number of H-pyrrole nitrogens is 1. The van der Waals surface area contributed by atoms with Crippen LogP contribution in [0.2, 0.25) is 0 Å². The van der Waals surface area contributed by atoms with Crippen LogP contribution in [0, 0.1) is 18.3 Å². The van der Waals surface area contributed by atoms with E-state index in [0.717, 1.165) is 0 Å². The Balaban J connectivity index is 2.75. The van der Waals surface area contributed by atoms with Crippen LogP contribution in [-0.2, 0) is 0 Å². The van der Waals surface area contributed by atoms with Gasteiger partial charge >= 0.3 is 0 Å². The smallest absolute Gasteiger partial charge is 0.266 e. The van der Waals surface area contributed by atoms with Crippen molar-refractivity contribution in [2.75, 3.05) is 0 Å². The van der Waals surface area contributed by atoms with E-state index in [2.05, 4.69) is 9.97 Å². The lowest BCUT2D eigenvalue weighted by atomic mass is 10.1. The summed E-state index contributed by atoms with van der Waals surface area (Å²) in [5.74, 6) is 0. The summed E-state index contributed by atoms with van der Waals surface area (Å²) in [4.78, 5) is 18.3. The number of hydrogen-bond donors (Lipinski definition) is 1. The van der Waals surface area contributed by atoms with Crippen molar-refractivity contribution in [2.45, 2.75) is 6.92 Å². The van der Waals surface area contributed by atoms with Crippen LogP contribution in [0.15, 0.2) is 35.3 Å². The molecule has 0 aliphatic rings. The topological polar surface area (TPSA) is 69.5 Å². The van der Waals surface area contributed by atoms with Gasteiger partial charge < -0.3 is 4.98 Å². The highest BCUT2D eigenvalue weighted by Gasteiger charge is 2.10. The molecule has 0 radical (unpaired) electrons. The summed E-state index contributed by atoms with van der Waals surface area (Å²) in [7, 11) is 0. The Morgan fingerprint density at radius 2 is 2.25 bits per heavy atom. The minimum atomic E-state index is -0.372. The molecule has 0 bridgehead atoms. The van der Waals surface area contributed by atoms with E-state index in [9.17, 15) is 4.79 Å². The lowest BCUT2D eigenvalue weighted by Gasteiger charge is -2.03. The Labute approximate surface area is 92.2 Å². The zero-order valence-electron chi connectivity index (χ0n) is 8.69. The van der Waals surface area contributed by atoms with Gasteiger partial charge in [-0.2, -0.15) is 5.26 Å². The van der Waals surface area contributed by atoms with E-state index < -0.39 is 0 Å². The van der Waals surface area contributed by atoms with Crippen molar-refractivity contribution in [1.29, 1.82) is 5.26 Å². The molecule has 2 aromatic heterocycles. The van der Waals surface area contributed by atoms with Crippen LogP contribution in [0.5, 0.6) is 0 Å². The molecule has 0 fully saturated rings. The minimum Gasteiger partial charge on any atom is -0.325 e. The molecule has 4 nitrogen and oxygen atoms in total. The van der Waals surface area contributed by atoms with Gasteiger partial charge in [-0.15, -0.1) is 0 Å². The Hall–Kier alpha value is -2.41. The van der Waals surface area contributed by atoms with Gasteiger partial charge in [0.05, 0.1) is 5.69 Å². The van der Waals surface area contributed by atoms with Crippen molar-refractivity contribution in [3.8, 4) is 17.3 Å². The van der Waals surface area contributed by atoms with Gasteiger partial charge in [0.25, 0.3) is 5.56 Å². The molecule has 1 N–H and O–H groups in total. The lowest BCUT2D eigenvalue weighted by molar-refractivity contribution is 1.12. The molecule has 0 saturated carbocycles. The summed E-state index contributed by atoms with van der Waals surface area (Å²) in [6.45, 7) is 1.77. The normalized spacial score (nSPS) is 9.75. The number of aryl methyl sites for hydroxylation is 1. The summed E-state index contributed by atoms with van der Waals surface area (Å²) in [5, 5.41) is 8.95. The van der Waals surface area contributed by atoms with Crippen LogP contribution < -0.4 is 5.56 Å². The number of aromatic amines is 1. The molecule has 0 amide bonds. The molecule has 0 aromatic carbocycles. The molecule has 4 heteroatoms. The van der Waals surface area contributed by atoms with Crippen LogP contribution in [0.25, 0.3) is 11.3 Å². The maximum Gasteiger partial charge on any atom is 0.266 e. The number of nitrogens with zero attached hydrogens (tertiary/aromatic N) is 2. The van der Waals surface area contributed by atoms with Crippen LogP contribution >= 0.6 is 0 Å². The fourth-order valence-corrected chi connectivity index (χ4v) is 1.52. The van der Waals surface area contributed by atoms with Gasteiger partial charge in [0.2, 0.25) is 0 Å². The summed E-state index contributed by atoms with van der Waals surface area (Å²) >= 11 is 0. The van der Waals surface area contributed by atoms with Crippen LogP contribution in [0.3, 0.4) is 0 Å². The molecule has 0 aliphatic carbocycles. The second-order valence-corrected chi connectivity index (χ2v) is 3.40. The number of hydrogen-bond acceptors (Lipinski definition) is 3. The van der Waals surface area contributed by atoms with Gasteiger partial charge in [-0.1, -0.05) is 6.07 Å². The van der Waals surface area contributed by atoms with Crippen molar-refractivity contribution in [3.05, 3.63) is 52.1 Å². The quantitative estimate of drug-likeness (QED) is 0.779. The molecule has 2 heterocycles. The van der Waals surface area contributed by atoms with E-state index in [1.807, 2.05) is 12.1 Å². The van der Waals surface area contributed by atoms with Gasteiger partial charge in [-0.05, 0) is 25.1 Å². The summed E-state index contributed by atoms with van der Waals surface area (Å²) < 4.78 is 0. The Morgan fingerprint density at radius 3 is 2.88 bits per heavy atom. The Morgan fingerprint density at radius 1 is 1.44 bits per heavy atom. The molecule has 0 aliphatic heterocycles. The van der Waals surface area contributed by atoms with E-state index in [0.29, 0.717) is 17.0 Å². The van der Waals surface area contributed by atoms with Gasteiger partial charge in [-0.3, -0.25) is 9.78 Å². The van der Waals surface area contributed by atoms with Crippen molar-refractivity contribution in [3.63, 3.8) is 0 Å². The molecular weight excluding hydrogens is 202 g/mol. The Kier molecular flexibility index (Phi) is 2.52. The number of aromatic nitrogens is 2. The monoisotopic (exact) mass is 211 g/mol. The summed E-state index contributed by atoms with van der Waals surface area (Å²) in [6.07, 6.45) is 1.63. The molecule has 16 heavy (non-hydrogen) atoms. The predicted octanol–water partition coefficient (Wildman–Crippen LogP) is 1.62. The SMILES string of the molecule is Cc1cc(-c2ccccn2)c(C#N)c(=O)[nH]1. The van der Waals surface area contributed by atoms with E-state index in [1.165, 1.54) is 0 Å². The third-order valence-corrected chi connectivity index (χ3v) is 2.22. The number of rotatable bonds is 1. The average molecular weight is 211 g/mol. The molecule has 0 saturated heterocycles. The van der Waals surface area contributed by atoms with Crippen molar-refractivity contribution < 1.29 is 0 Å². The van der Waals surface area contributed by atoms with Crippen LogP contribution in [-0.4, -0.2) is 9.97 Å². The molecular formula is C12H9N3O. The highest BCUT2D eigenvalue weighted by Crippen LogP contribution is 2.18. The van der Waals surface area contributed by atoms with Crippen molar-refractivity contribution in [1.82, 2.24) is 9.97 Å². The molecule has 0 spiro atoms. The standard InChI is InChI=1S/C12H9N3O/c1-8-6-9(10(7-13)12(16)15-8)11-4-2-3-5-14-11/h2-6H,1H3,(H,15,16). The second-order valence-electron chi connectivity index (χ2n) is 3.40. The third-order valence-electron chi connectivity index (χ3n) is 2.22. The largest absolute Gasteiger partial charge is 0.325 e. The molecule has 0 atom stereocenters. The number of nitriles is 1. The van der Waals surface area contributed by atoms with Crippen molar-refractivity contribution in [2.24, 2.45) is 0 Å². The molecule has 2 rings (SSSR count). The predicted molar refractivity (Wildman–Crippen MR) is 59.7 cm³/mol. The fraction of sp³-hybridized carbons (Fsp3) is 0.0833. The van der Waals surface area contributed by atoms with Gasteiger partial charge in [0.15, 0.2) is 0 Å². The molecule has 78 valence electrons. The average Bonchev–Trinajstić information content (AvgIpc) is 2.29. The highest BCUT2D eigenvalue weighted by atomic mass is 16.1. The summed E-state index contributed by atoms with van der Waals surface area (Å²) in [5.41, 5.74) is 1.65. The first-order valence-electron chi connectivity index (χ1n) is 4.78. The zero-order chi connectivity index (χ0) is 11.5. The second kappa shape index (κ2) is 3.99. The third kappa shape index (κ3) is 1.71. The molecule has 0 unspecified atom stereocenters. The van der Waals surface area contributed by atoms with Gasteiger partial charge in [-0.25, -0.2) is 0 Å². The first kappa shape index (κ1) is 10.1. The maximum absolute atomic E-state index is 11.6. The first-order chi connectivity index (χ1) is 7.72. The van der Waals surface area contributed by atoms with E-state index in [1.54, 1.807) is 31.3 Å². The lowest BCUT2D eigenvalue weighted by Crippen LogP contribution is -2.12. The van der Waals surface area contributed by atoms with Crippen LogP contribution in [0.1, 0.15) is 11.3 Å². The number of pyridine rings is 2. The highest BCUT2D eigenvalue weighted by molar-refractivity contribution is 5.66. The van der Waals surface area contributed by atoms with Gasteiger partial charge in [0, 0.05) is 17.5 Å². The van der Waals surface area contributed by atoms with E-state index in [4.69, 9.17) is 5.26 Å². The van der Waals surface area contributed by atoms with Gasteiger partial charge in [0.1, 0.15) is 11.6 Å². The van der Waals surface area contributed by atoms with E-state index >= 15 is 0 Å². The molecule has 2 aromatic rings. The summed E-state index contributed by atoms with van der Waals surface area (Å²) in [6, 6.07) is 9.04. The van der Waals surface area contributed by atoms with E-state index in [-0.39, 0.29) is 11.1 Å². The van der Waals surface area contributed by atoms with Crippen molar-refractivity contribution >= 4 is 0 Å². The minimum absolute atomic E-state index is 0.101. The fourth-order valence-electron chi connectivity index (χ4n) is 1.52. The zero-order valence-corrected chi connectivity index (χ0v) is 8.69. The Bertz CT molecular complexity index is 608.